The van der Waals surface area contributed by atoms with Gasteiger partial charge in [-0.1, -0.05) is 17.7 Å². The molecule has 29 heavy (non-hydrogen) atoms. The van der Waals surface area contributed by atoms with Crippen molar-refractivity contribution in [1.29, 1.82) is 0 Å². The van der Waals surface area contributed by atoms with Gasteiger partial charge >= 0.3 is 0 Å². The van der Waals surface area contributed by atoms with Crippen LogP contribution < -0.4 is 10.0 Å². The molecule has 156 valence electrons. The zero-order valence-electron chi connectivity index (χ0n) is 16.3. The van der Waals surface area contributed by atoms with Crippen molar-refractivity contribution in [2.24, 2.45) is 0 Å². The van der Waals surface area contributed by atoms with Gasteiger partial charge in [-0.2, -0.15) is 0 Å². The Hall–Kier alpha value is -2.09. The van der Waals surface area contributed by atoms with Gasteiger partial charge in [0, 0.05) is 36.4 Å². The molecule has 1 amide bonds. The highest BCUT2D eigenvalue weighted by Gasteiger charge is 2.31. The van der Waals surface area contributed by atoms with Gasteiger partial charge in [0.25, 0.3) is 15.9 Å². The molecule has 2 aromatic rings. The van der Waals surface area contributed by atoms with Crippen molar-refractivity contribution in [3.05, 3.63) is 59.7 Å². The van der Waals surface area contributed by atoms with Gasteiger partial charge in [0.15, 0.2) is 0 Å². The lowest BCUT2D eigenvalue weighted by molar-refractivity contribution is 0.0748. The van der Waals surface area contributed by atoms with Crippen molar-refractivity contribution in [3.8, 4) is 0 Å². The number of nitrogens with zero attached hydrogens (tertiary/aromatic N) is 1. The number of halogens is 1. The number of carbonyl (C=O) groups excluding carboxylic acids is 1. The maximum atomic E-state index is 12.8. The van der Waals surface area contributed by atoms with Crippen molar-refractivity contribution in [2.75, 3.05) is 17.8 Å². The SMILES string of the molecule is Cc1ccc(NS(=O)(=O)c2ccc(C(=O)N3CCC4CCC(C3)N4)cc2)cc1.Cl. The zero-order valence-corrected chi connectivity index (χ0v) is 17.9. The zero-order chi connectivity index (χ0) is 19.7. The highest BCUT2D eigenvalue weighted by Crippen LogP contribution is 2.22. The van der Waals surface area contributed by atoms with Gasteiger partial charge in [-0.05, 0) is 62.6 Å². The van der Waals surface area contributed by atoms with E-state index < -0.39 is 10.0 Å². The fourth-order valence-corrected chi connectivity index (χ4v) is 4.98. The van der Waals surface area contributed by atoms with Crippen molar-refractivity contribution in [2.45, 2.75) is 43.2 Å². The van der Waals surface area contributed by atoms with Crippen LogP contribution in [0.1, 0.15) is 35.2 Å². The second-order valence-corrected chi connectivity index (χ2v) is 9.36. The molecule has 2 saturated heterocycles. The van der Waals surface area contributed by atoms with Crippen molar-refractivity contribution in [1.82, 2.24) is 10.2 Å². The molecule has 2 aliphatic heterocycles. The van der Waals surface area contributed by atoms with Gasteiger partial charge in [-0.3, -0.25) is 9.52 Å². The average Bonchev–Trinajstić information content (AvgIpc) is 3.02. The van der Waals surface area contributed by atoms with Crippen LogP contribution in [0.2, 0.25) is 0 Å². The summed E-state index contributed by atoms with van der Waals surface area (Å²) in [6.07, 6.45) is 3.26. The van der Waals surface area contributed by atoms with E-state index in [9.17, 15) is 13.2 Å². The van der Waals surface area contributed by atoms with Crippen LogP contribution in [-0.4, -0.2) is 44.4 Å². The number of hydrogen-bond acceptors (Lipinski definition) is 4. The van der Waals surface area contributed by atoms with Gasteiger partial charge in [0.1, 0.15) is 0 Å². The van der Waals surface area contributed by atoms with Crippen LogP contribution in [0.25, 0.3) is 0 Å². The molecule has 0 saturated carbocycles. The number of fused-ring (bicyclic) bond motifs is 2. The first-order valence-electron chi connectivity index (χ1n) is 9.65. The van der Waals surface area contributed by atoms with E-state index in [1.165, 1.54) is 18.6 Å². The second-order valence-electron chi connectivity index (χ2n) is 7.67. The Bertz CT molecular complexity index is 962. The Morgan fingerprint density at radius 1 is 1.00 bits per heavy atom. The maximum Gasteiger partial charge on any atom is 0.261 e. The van der Waals surface area contributed by atoms with Crippen LogP contribution in [0.5, 0.6) is 0 Å². The average molecular weight is 436 g/mol. The highest BCUT2D eigenvalue weighted by molar-refractivity contribution is 7.92. The van der Waals surface area contributed by atoms with E-state index in [2.05, 4.69) is 10.0 Å². The third kappa shape index (κ3) is 4.91. The Morgan fingerprint density at radius 2 is 1.66 bits per heavy atom. The minimum absolute atomic E-state index is 0. The molecule has 8 heteroatoms. The fraction of sp³-hybridized carbons (Fsp3) is 0.381. The summed E-state index contributed by atoms with van der Waals surface area (Å²) in [5.74, 6) is -0.0372. The number of hydrogen-bond donors (Lipinski definition) is 2. The number of carbonyl (C=O) groups is 1. The first-order valence-corrected chi connectivity index (χ1v) is 11.1. The summed E-state index contributed by atoms with van der Waals surface area (Å²) in [5.41, 5.74) is 2.09. The van der Waals surface area contributed by atoms with Gasteiger partial charge < -0.3 is 10.2 Å². The van der Waals surface area contributed by atoms with Gasteiger partial charge in [-0.25, -0.2) is 8.42 Å². The number of benzene rings is 2. The molecule has 0 aliphatic carbocycles. The first kappa shape index (κ1) is 21.6. The lowest BCUT2D eigenvalue weighted by atomic mass is 10.1. The van der Waals surface area contributed by atoms with Crippen LogP contribution in [0.4, 0.5) is 5.69 Å². The monoisotopic (exact) mass is 435 g/mol. The highest BCUT2D eigenvalue weighted by atomic mass is 35.5. The quantitative estimate of drug-likeness (QED) is 0.773. The minimum atomic E-state index is -3.69. The van der Waals surface area contributed by atoms with E-state index in [1.54, 1.807) is 24.3 Å². The summed E-state index contributed by atoms with van der Waals surface area (Å²) in [4.78, 5) is 14.9. The topological polar surface area (TPSA) is 78.5 Å². The van der Waals surface area contributed by atoms with Crippen LogP contribution >= 0.6 is 12.4 Å². The summed E-state index contributed by atoms with van der Waals surface area (Å²) in [6.45, 7) is 3.39. The molecular formula is C21H26ClN3O3S. The number of nitrogens with one attached hydrogen (secondary N) is 2. The fourth-order valence-electron chi connectivity index (χ4n) is 3.92. The van der Waals surface area contributed by atoms with Gasteiger partial charge in [-0.15, -0.1) is 12.4 Å². The number of aryl methyl sites for hydroxylation is 1. The molecule has 2 bridgehead atoms. The Morgan fingerprint density at radius 3 is 2.34 bits per heavy atom. The molecule has 2 N–H and O–H groups in total. The van der Waals surface area contributed by atoms with Crippen LogP contribution in [0, 0.1) is 6.92 Å². The van der Waals surface area contributed by atoms with E-state index in [1.807, 2.05) is 24.0 Å². The van der Waals surface area contributed by atoms with E-state index in [-0.39, 0.29) is 23.2 Å². The van der Waals surface area contributed by atoms with E-state index in [0.717, 1.165) is 24.9 Å². The number of likely N-dealkylation sites (tertiary alicyclic amines) is 1. The van der Waals surface area contributed by atoms with Crippen LogP contribution in [0.3, 0.4) is 0 Å². The number of anilines is 1. The lowest BCUT2D eigenvalue weighted by Gasteiger charge is -2.24. The summed E-state index contributed by atoms with van der Waals surface area (Å²) in [5, 5.41) is 3.56. The van der Waals surface area contributed by atoms with Crippen LogP contribution in [0.15, 0.2) is 53.4 Å². The summed E-state index contributed by atoms with van der Waals surface area (Å²) in [7, 11) is -3.69. The minimum Gasteiger partial charge on any atom is -0.337 e. The molecule has 0 aromatic heterocycles. The third-order valence-electron chi connectivity index (χ3n) is 5.53. The van der Waals surface area contributed by atoms with Gasteiger partial charge in [0.05, 0.1) is 4.90 Å². The molecule has 2 aliphatic rings. The molecule has 2 fully saturated rings. The molecular weight excluding hydrogens is 410 g/mol. The Labute approximate surface area is 178 Å². The Kier molecular flexibility index (Phi) is 6.51. The number of sulfonamides is 1. The molecule has 2 heterocycles. The summed E-state index contributed by atoms with van der Waals surface area (Å²) < 4.78 is 27.7. The predicted molar refractivity (Wildman–Crippen MR) is 116 cm³/mol. The lowest BCUT2D eigenvalue weighted by Crippen LogP contribution is -2.39. The first-order chi connectivity index (χ1) is 13.4. The van der Waals surface area contributed by atoms with Crippen molar-refractivity contribution < 1.29 is 13.2 Å². The molecule has 0 spiro atoms. The molecule has 2 atom stereocenters. The molecule has 0 radical (unpaired) electrons. The summed E-state index contributed by atoms with van der Waals surface area (Å²) in [6, 6.07) is 14.2. The predicted octanol–water partition coefficient (Wildman–Crippen LogP) is 3.18. The normalized spacial score (nSPS) is 21.2. The molecule has 4 rings (SSSR count). The number of amides is 1. The third-order valence-corrected chi connectivity index (χ3v) is 6.92. The summed E-state index contributed by atoms with van der Waals surface area (Å²) >= 11 is 0. The van der Waals surface area contributed by atoms with Gasteiger partial charge in [0.2, 0.25) is 0 Å². The Balaban J connectivity index is 0.00000240. The van der Waals surface area contributed by atoms with E-state index >= 15 is 0 Å². The maximum absolute atomic E-state index is 12.8. The van der Waals surface area contributed by atoms with Crippen LogP contribution in [-0.2, 0) is 10.0 Å². The van der Waals surface area contributed by atoms with Crippen molar-refractivity contribution >= 4 is 34.0 Å². The van der Waals surface area contributed by atoms with E-state index in [4.69, 9.17) is 0 Å². The standard InChI is InChI=1S/C21H25N3O3S.ClH/c1-15-2-6-18(7-3-15)23-28(26,27)20-10-4-16(5-11-20)21(25)24-13-12-17-8-9-19(14-24)22-17;/h2-7,10-11,17,19,22-23H,8-9,12-14H2,1H3;1H. The largest absolute Gasteiger partial charge is 0.337 e. The smallest absolute Gasteiger partial charge is 0.261 e. The van der Waals surface area contributed by atoms with E-state index in [0.29, 0.717) is 29.9 Å². The molecule has 2 aromatic carbocycles. The molecule has 6 nitrogen and oxygen atoms in total. The second kappa shape index (κ2) is 8.73. The number of rotatable bonds is 4. The molecule has 2 unspecified atom stereocenters. The van der Waals surface area contributed by atoms with Crippen molar-refractivity contribution in [3.63, 3.8) is 0 Å².